The maximum Gasteiger partial charge on any atom is 0.242 e. The SMILES string of the molecule is C=CCn1c(SCC(=O)Nc2cccc(S(=O)(=O)N(C)C)c2)nc2ccccc21. The lowest BCUT2D eigenvalue weighted by Gasteiger charge is -2.12. The summed E-state index contributed by atoms with van der Waals surface area (Å²) in [5.74, 6) is -0.0999. The first-order chi connectivity index (χ1) is 13.8. The molecule has 1 N–H and O–H groups in total. The lowest BCUT2D eigenvalue weighted by Crippen LogP contribution is -2.22. The predicted molar refractivity (Wildman–Crippen MR) is 117 cm³/mol. The molecule has 0 aliphatic carbocycles. The molecule has 29 heavy (non-hydrogen) atoms. The Bertz CT molecular complexity index is 1150. The lowest BCUT2D eigenvalue weighted by atomic mass is 10.3. The third-order valence-electron chi connectivity index (χ3n) is 4.16. The number of hydrogen-bond acceptors (Lipinski definition) is 5. The first-order valence-electron chi connectivity index (χ1n) is 8.84. The van der Waals surface area contributed by atoms with Gasteiger partial charge in [-0.15, -0.1) is 6.58 Å². The van der Waals surface area contributed by atoms with Crippen LogP contribution in [0.5, 0.6) is 0 Å². The number of anilines is 1. The summed E-state index contributed by atoms with van der Waals surface area (Å²) in [6, 6.07) is 14.0. The number of sulfonamides is 1. The molecule has 7 nitrogen and oxygen atoms in total. The number of carbonyl (C=O) groups is 1. The highest BCUT2D eigenvalue weighted by atomic mass is 32.2. The highest BCUT2D eigenvalue weighted by Gasteiger charge is 2.18. The summed E-state index contributed by atoms with van der Waals surface area (Å²) in [6.07, 6.45) is 1.79. The molecular weight excluding hydrogens is 408 g/mol. The second kappa shape index (κ2) is 8.81. The summed E-state index contributed by atoms with van der Waals surface area (Å²) in [7, 11) is -0.633. The number of thioether (sulfide) groups is 1. The average Bonchev–Trinajstić information content (AvgIpc) is 3.04. The Morgan fingerprint density at radius 2 is 2.00 bits per heavy atom. The maximum atomic E-state index is 12.4. The number of rotatable bonds is 8. The smallest absolute Gasteiger partial charge is 0.242 e. The van der Waals surface area contributed by atoms with E-state index >= 15 is 0 Å². The predicted octanol–water partition coefficient (Wildman–Crippen LogP) is 3.20. The second-order valence-corrected chi connectivity index (χ2v) is 9.53. The number of amides is 1. The summed E-state index contributed by atoms with van der Waals surface area (Å²) in [6.45, 7) is 4.38. The molecule has 3 rings (SSSR count). The number of para-hydroxylation sites is 2. The van der Waals surface area contributed by atoms with Crippen LogP contribution in [0.25, 0.3) is 11.0 Å². The van der Waals surface area contributed by atoms with Gasteiger partial charge in [-0.1, -0.05) is 36.0 Å². The largest absolute Gasteiger partial charge is 0.325 e. The molecule has 0 unspecified atom stereocenters. The van der Waals surface area contributed by atoms with Crippen LogP contribution in [0.2, 0.25) is 0 Å². The number of aromatic nitrogens is 2. The van der Waals surface area contributed by atoms with E-state index < -0.39 is 10.0 Å². The number of fused-ring (bicyclic) bond motifs is 1. The Kier molecular flexibility index (Phi) is 6.41. The van der Waals surface area contributed by atoms with Gasteiger partial charge in [0.1, 0.15) is 0 Å². The van der Waals surface area contributed by atoms with E-state index in [4.69, 9.17) is 0 Å². The fraction of sp³-hybridized carbons (Fsp3) is 0.200. The number of nitrogens with one attached hydrogen (secondary N) is 1. The molecule has 0 radical (unpaired) electrons. The Hall–Kier alpha value is -2.62. The van der Waals surface area contributed by atoms with Crippen molar-refractivity contribution in [2.75, 3.05) is 25.2 Å². The summed E-state index contributed by atoms with van der Waals surface area (Å²) < 4.78 is 27.6. The minimum Gasteiger partial charge on any atom is -0.325 e. The van der Waals surface area contributed by atoms with Crippen molar-refractivity contribution in [3.05, 3.63) is 61.2 Å². The van der Waals surface area contributed by atoms with Crippen LogP contribution >= 0.6 is 11.8 Å². The number of hydrogen-bond donors (Lipinski definition) is 1. The number of benzene rings is 2. The number of carbonyl (C=O) groups excluding carboxylic acids is 1. The van der Waals surface area contributed by atoms with Crippen LogP contribution in [0.4, 0.5) is 5.69 Å². The van der Waals surface area contributed by atoms with Gasteiger partial charge < -0.3 is 9.88 Å². The third kappa shape index (κ3) is 4.69. The van der Waals surface area contributed by atoms with Crippen LogP contribution in [0.1, 0.15) is 0 Å². The topological polar surface area (TPSA) is 84.3 Å². The van der Waals surface area contributed by atoms with Gasteiger partial charge in [0, 0.05) is 26.3 Å². The molecule has 0 saturated heterocycles. The van der Waals surface area contributed by atoms with Crippen molar-refractivity contribution < 1.29 is 13.2 Å². The van der Waals surface area contributed by atoms with Crippen molar-refractivity contribution >= 4 is 44.4 Å². The fourth-order valence-corrected chi connectivity index (χ4v) is 4.51. The van der Waals surface area contributed by atoms with Crippen molar-refractivity contribution in [3.63, 3.8) is 0 Å². The molecule has 1 amide bonds. The van der Waals surface area contributed by atoms with E-state index in [0.717, 1.165) is 20.5 Å². The number of imidazole rings is 1. The molecule has 1 aromatic heterocycles. The normalized spacial score (nSPS) is 11.7. The molecule has 0 bridgehead atoms. The first kappa shape index (κ1) is 21.1. The number of nitrogens with zero attached hydrogens (tertiary/aromatic N) is 3. The molecule has 0 fully saturated rings. The minimum atomic E-state index is -3.56. The van der Waals surface area contributed by atoms with Gasteiger partial charge in [-0.25, -0.2) is 17.7 Å². The standard InChI is InChI=1S/C20H22N4O3S2/c1-4-12-24-18-11-6-5-10-17(18)22-20(24)28-14-19(25)21-15-8-7-9-16(13-15)29(26,27)23(2)3/h4-11,13H,1,12,14H2,2-3H3,(H,21,25). The molecule has 0 atom stereocenters. The molecule has 3 aromatic rings. The van der Waals surface area contributed by atoms with E-state index in [0.29, 0.717) is 12.2 Å². The first-order valence-corrected chi connectivity index (χ1v) is 11.3. The van der Waals surface area contributed by atoms with Gasteiger partial charge >= 0.3 is 0 Å². The highest BCUT2D eigenvalue weighted by molar-refractivity contribution is 7.99. The van der Waals surface area contributed by atoms with Crippen LogP contribution in [-0.4, -0.2) is 48.0 Å². The van der Waals surface area contributed by atoms with Crippen molar-refractivity contribution in [2.24, 2.45) is 0 Å². The van der Waals surface area contributed by atoms with Crippen molar-refractivity contribution in [1.82, 2.24) is 13.9 Å². The Labute approximate surface area is 174 Å². The number of allylic oxidation sites excluding steroid dienone is 1. The molecule has 0 saturated carbocycles. The Balaban J connectivity index is 1.72. The minimum absolute atomic E-state index is 0.126. The van der Waals surface area contributed by atoms with Crippen LogP contribution < -0.4 is 5.32 Å². The summed E-state index contributed by atoms with van der Waals surface area (Å²) in [4.78, 5) is 17.1. The molecule has 0 aliphatic heterocycles. The summed E-state index contributed by atoms with van der Waals surface area (Å²) in [5, 5.41) is 3.48. The Morgan fingerprint density at radius 1 is 1.24 bits per heavy atom. The van der Waals surface area contributed by atoms with Gasteiger partial charge in [0.25, 0.3) is 0 Å². The average molecular weight is 431 g/mol. The van der Waals surface area contributed by atoms with Crippen molar-refractivity contribution in [3.8, 4) is 0 Å². The third-order valence-corrected chi connectivity index (χ3v) is 6.95. The van der Waals surface area contributed by atoms with Gasteiger partial charge in [-0.3, -0.25) is 4.79 Å². The van der Waals surface area contributed by atoms with Gasteiger partial charge in [0.2, 0.25) is 15.9 Å². The quantitative estimate of drug-likeness (QED) is 0.438. The zero-order valence-electron chi connectivity index (χ0n) is 16.2. The van der Waals surface area contributed by atoms with Crippen LogP contribution in [-0.2, 0) is 21.4 Å². The molecule has 9 heteroatoms. The van der Waals surface area contributed by atoms with E-state index in [1.165, 1.54) is 38.0 Å². The summed E-state index contributed by atoms with van der Waals surface area (Å²) in [5.41, 5.74) is 2.27. The van der Waals surface area contributed by atoms with Gasteiger partial charge in [-0.05, 0) is 30.3 Å². The molecular formula is C20H22N4O3S2. The van der Waals surface area contributed by atoms with Crippen molar-refractivity contribution in [2.45, 2.75) is 16.6 Å². The van der Waals surface area contributed by atoms with E-state index in [-0.39, 0.29) is 16.6 Å². The zero-order valence-corrected chi connectivity index (χ0v) is 17.8. The van der Waals surface area contributed by atoms with Crippen LogP contribution in [0.15, 0.2) is 71.2 Å². The summed E-state index contributed by atoms with van der Waals surface area (Å²) >= 11 is 1.32. The molecule has 1 heterocycles. The Morgan fingerprint density at radius 3 is 2.72 bits per heavy atom. The van der Waals surface area contributed by atoms with Crippen molar-refractivity contribution in [1.29, 1.82) is 0 Å². The molecule has 0 spiro atoms. The van der Waals surface area contributed by atoms with Gasteiger partial charge in [0.15, 0.2) is 5.16 Å². The zero-order chi connectivity index (χ0) is 21.0. The monoisotopic (exact) mass is 430 g/mol. The molecule has 2 aromatic carbocycles. The molecule has 0 aliphatic rings. The van der Waals surface area contributed by atoms with Gasteiger partial charge in [-0.2, -0.15) is 0 Å². The van der Waals surface area contributed by atoms with E-state index in [1.54, 1.807) is 18.2 Å². The second-order valence-electron chi connectivity index (χ2n) is 6.43. The fourth-order valence-electron chi connectivity index (χ4n) is 2.74. The van der Waals surface area contributed by atoms with Gasteiger partial charge in [0.05, 0.1) is 21.7 Å². The maximum absolute atomic E-state index is 12.4. The van der Waals surface area contributed by atoms with E-state index in [1.807, 2.05) is 28.8 Å². The van der Waals surface area contributed by atoms with Crippen LogP contribution in [0, 0.1) is 0 Å². The van der Waals surface area contributed by atoms with E-state index in [2.05, 4.69) is 16.9 Å². The lowest BCUT2D eigenvalue weighted by molar-refractivity contribution is -0.113. The van der Waals surface area contributed by atoms with Crippen LogP contribution in [0.3, 0.4) is 0 Å². The van der Waals surface area contributed by atoms with E-state index in [9.17, 15) is 13.2 Å². The molecule has 152 valence electrons. The highest BCUT2D eigenvalue weighted by Crippen LogP contribution is 2.24.